The number of methoxy groups -OCH3 is 2. The van der Waals surface area contributed by atoms with Crippen LogP contribution in [0.5, 0.6) is 11.5 Å². The number of nitrogens with one attached hydrogen (secondary N) is 1. The van der Waals surface area contributed by atoms with E-state index in [0.717, 1.165) is 6.54 Å². The average Bonchev–Trinajstić information content (AvgIpc) is 2.35. The predicted molar refractivity (Wildman–Crippen MR) is 69.2 cm³/mol. The minimum Gasteiger partial charge on any atom is -0.493 e. The van der Waals surface area contributed by atoms with Crippen LogP contribution >= 0.6 is 0 Å². The van der Waals surface area contributed by atoms with Crippen molar-refractivity contribution in [3.05, 3.63) is 23.8 Å². The predicted octanol–water partition coefficient (Wildman–Crippen LogP) is 2.23. The third kappa shape index (κ3) is 2.75. The summed E-state index contributed by atoms with van der Waals surface area (Å²) in [4.78, 5) is 11.9. The molecule has 0 aliphatic heterocycles. The first-order valence-corrected chi connectivity index (χ1v) is 6.25. The Morgan fingerprint density at radius 3 is 2.56 bits per heavy atom. The van der Waals surface area contributed by atoms with Crippen molar-refractivity contribution in [3.63, 3.8) is 0 Å². The molecule has 1 amide bonds. The van der Waals surface area contributed by atoms with Crippen LogP contribution in [0.25, 0.3) is 0 Å². The maximum absolute atomic E-state index is 11.9. The van der Waals surface area contributed by atoms with Crippen LogP contribution in [0.4, 0.5) is 0 Å². The standard InChI is InChI=1S/C14H19NO3/c1-17-12-7-6-11(8-13(12)18-2)14(16)15-9-10-4-3-5-10/h6-8,10H,3-5,9H2,1-2H3,(H,15,16). The van der Waals surface area contributed by atoms with Gasteiger partial charge in [-0.2, -0.15) is 0 Å². The molecule has 1 aromatic carbocycles. The Kier molecular flexibility index (Phi) is 4.07. The van der Waals surface area contributed by atoms with Crippen molar-refractivity contribution in [1.82, 2.24) is 5.32 Å². The second-order valence-corrected chi connectivity index (χ2v) is 4.58. The molecule has 4 heteroatoms. The molecule has 0 unspecified atom stereocenters. The lowest BCUT2D eigenvalue weighted by Crippen LogP contribution is -2.32. The van der Waals surface area contributed by atoms with Crippen LogP contribution in [0.15, 0.2) is 18.2 Å². The first-order chi connectivity index (χ1) is 8.74. The van der Waals surface area contributed by atoms with E-state index >= 15 is 0 Å². The number of hydrogen-bond donors (Lipinski definition) is 1. The van der Waals surface area contributed by atoms with Crippen molar-refractivity contribution in [3.8, 4) is 11.5 Å². The number of amides is 1. The van der Waals surface area contributed by atoms with Gasteiger partial charge in [0.2, 0.25) is 0 Å². The fraction of sp³-hybridized carbons (Fsp3) is 0.500. The van der Waals surface area contributed by atoms with Crippen molar-refractivity contribution < 1.29 is 14.3 Å². The molecule has 1 fully saturated rings. The third-order valence-corrected chi connectivity index (χ3v) is 3.42. The normalized spacial score (nSPS) is 14.8. The Morgan fingerprint density at radius 1 is 1.28 bits per heavy atom. The quantitative estimate of drug-likeness (QED) is 0.870. The highest BCUT2D eigenvalue weighted by molar-refractivity contribution is 5.94. The first-order valence-electron chi connectivity index (χ1n) is 6.25. The van der Waals surface area contributed by atoms with Crippen molar-refractivity contribution >= 4 is 5.91 Å². The summed E-state index contributed by atoms with van der Waals surface area (Å²) < 4.78 is 10.3. The molecule has 4 nitrogen and oxygen atoms in total. The SMILES string of the molecule is COc1ccc(C(=O)NCC2CCC2)cc1OC. The second-order valence-electron chi connectivity index (χ2n) is 4.58. The van der Waals surface area contributed by atoms with E-state index < -0.39 is 0 Å². The van der Waals surface area contributed by atoms with Gasteiger partial charge in [-0.25, -0.2) is 0 Å². The van der Waals surface area contributed by atoms with Crippen LogP contribution in [0, 0.1) is 5.92 Å². The highest BCUT2D eigenvalue weighted by Gasteiger charge is 2.18. The van der Waals surface area contributed by atoms with Gasteiger partial charge < -0.3 is 14.8 Å². The zero-order chi connectivity index (χ0) is 13.0. The summed E-state index contributed by atoms with van der Waals surface area (Å²) in [6.07, 6.45) is 3.75. The lowest BCUT2D eigenvalue weighted by atomic mass is 9.85. The first kappa shape index (κ1) is 12.7. The van der Waals surface area contributed by atoms with Crippen molar-refractivity contribution in [2.45, 2.75) is 19.3 Å². The highest BCUT2D eigenvalue weighted by atomic mass is 16.5. The molecule has 98 valence electrons. The zero-order valence-corrected chi connectivity index (χ0v) is 10.9. The van der Waals surface area contributed by atoms with Gasteiger partial charge >= 0.3 is 0 Å². The van der Waals surface area contributed by atoms with Crippen LogP contribution in [-0.2, 0) is 0 Å². The van der Waals surface area contributed by atoms with Crippen LogP contribution < -0.4 is 14.8 Å². The Labute approximate surface area is 107 Å². The molecule has 0 radical (unpaired) electrons. The Hall–Kier alpha value is -1.71. The Balaban J connectivity index is 2.00. The van der Waals surface area contributed by atoms with E-state index in [4.69, 9.17) is 9.47 Å². The van der Waals surface area contributed by atoms with Crippen LogP contribution in [-0.4, -0.2) is 26.7 Å². The van der Waals surface area contributed by atoms with Crippen molar-refractivity contribution in [2.75, 3.05) is 20.8 Å². The molecule has 0 atom stereocenters. The summed E-state index contributed by atoms with van der Waals surface area (Å²) in [6, 6.07) is 5.20. The van der Waals surface area contributed by atoms with Gasteiger partial charge in [0.15, 0.2) is 11.5 Å². The number of carbonyl (C=O) groups excluding carboxylic acids is 1. The van der Waals surface area contributed by atoms with Gasteiger partial charge in [0.1, 0.15) is 0 Å². The second kappa shape index (κ2) is 5.76. The molecule has 1 aliphatic carbocycles. The number of rotatable bonds is 5. The lowest BCUT2D eigenvalue weighted by molar-refractivity contribution is 0.0938. The van der Waals surface area contributed by atoms with Gasteiger partial charge in [-0.3, -0.25) is 4.79 Å². The van der Waals surface area contributed by atoms with E-state index in [-0.39, 0.29) is 5.91 Å². The monoisotopic (exact) mass is 249 g/mol. The number of carbonyl (C=O) groups is 1. The van der Waals surface area contributed by atoms with E-state index in [9.17, 15) is 4.79 Å². The number of ether oxygens (including phenoxy) is 2. The Morgan fingerprint density at radius 2 is 2.00 bits per heavy atom. The van der Waals surface area contributed by atoms with Gasteiger partial charge in [0, 0.05) is 12.1 Å². The minimum atomic E-state index is -0.0529. The molecular formula is C14H19NO3. The van der Waals surface area contributed by atoms with Crippen molar-refractivity contribution in [1.29, 1.82) is 0 Å². The van der Waals surface area contributed by atoms with Gasteiger partial charge in [0.25, 0.3) is 5.91 Å². The van der Waals surface area contributed by atoms with E-state index in [1.165, 1.54) is 19.3 Å². The number of hydrogen-bond acceptors (Lipinski definition) is 3. The fourth-order valence-electron chi connectivity index (χ4n) is 2.01. The lowest BCUT2D eigenvalue weighted by Gasteiger charge is -2.25. The zero-order valence-electron chi connectivity index (χ0n) is 10.9. The summed E-state index contributed by atoms with van der Waals surface area (Å²) in [5.74, 6) is 1.82. The molecule has 1 aromatic rings. The topological polar surface area (TPSA) is 47.6 Å². The van der Waals surface area contributed by atoms with Gasteiger partial charge in [0.05, 0.1) is 14.2 Å². The summed E-state index contributed by atoms with van der Waals surface area (Å²) in [5, 5.41) is 2.95. The molecule has 1 aliphatic rings. The van der Waals surface area contributed by atoms with Gasteiger partial charge in [-0.1, -0.05) is 6.42 Å². The smallest absolute Gasteiger partial charge is 0.251 e. The fourth-order valence-corrected chi connectivity index (χ4v) is 2.01. The summed E-state index contributed by atoms with van der Waals surface area (Å²) >= 11 is 0. The third-order valence-electron chi connectivity index (χ3n) is 3.42. The molecule has 0 saturated heterocycles. The molecule has 1 N–H and O–H groups in total. The Bertz CT molecular complexity index is 427. The molecule has 2 rings (SSSR count). The number of benzene rings is 1. The maximum atomic E-state index is 11.9. The molecule has 0 heterocycles. The van der Waals surface area contributed by atoms with Crippen LogP contribution in [0.1, 0.15) is 29.6 Å². The molecule has 0 spiro atoms. The van der Waals surface area contributed by atoms with Gasteiger partial charge in [-0.05, 0) is 37.0 Å². The van der Waals surface area contributed by atoms with Crippen molar-refractivity contribution in [2.24, 2.45) is 5.92 Å². The van der Waals surface area contributed by atoms with Crippen LogP contribution in [0.2, 0.25) is 0 Å². The largest absolute Gasteiger partial charge is 0.493 e. The molecule has 18 heavy (non-hydrogen) atoms. The van der Waals surface area contributed by atoms with E-state index in [1.54, 1.807) is 32.4 Å². The summed E-state index contributed by atoms with van der Waals surface area (Å²) in [5.41, 5.74) is 0.604. The molecule has 0 aromatic heterocycles. The average molecular weight is 249 g/mol. The summed E-state index contributed by atoms with van der Waals surface area (Å²) in [7, 11) is 3.14. The van der Waals surface area contributed by atoms with E-state index in [0.29, 0.717) is 23.0 Å². The summed E-state index contributed by atoms with van der Waals surface area (Å²) in [6.45, 7) is 0.771. The molecule has 1 saturated carbocycles. The van der Waals surface area contributed by atoms with E-state index in [1.807, 2.05) is 0 Å². The minimum absolute atomic E-state index is 0.0529. The van der Waals surface area contributed by atoms with Gasteiger partial charge in [-0.15, -0.1) is 0 Å². The van der Waals surface area contributed by atoms with Crippen LogP contribution in [0.3, 0.4) is 0 Å². The molecular weight excluding hydrogens is 230 g/mol. The van der Waals surface area contributed by atoms with E-state index in [2.05, 4.69) is 5.32 Å². The highest BCUT2D eigenvalue weighted by Crippen LogP contribution is 2.28. The molecule has 0 bridgehead atoms. The maximum Gasteiger partial charge on any atom is 0.251 e.